The molecule has 9 rings (SSSR count). The number of hydrogen-bond donors (Lipinski definition) is 0. The van der Waals surface area contributed by atoms with E-state index >= 15 is 17.6 Å². The summed E-state index contributed by atoms with van der Waals surface area (Å²) in [5.74, 6) is -3.71. The van der Waals surface area contributed by atoms with Crippen LogP contribution in [0.25, 0.3) is 82.9 Å². The van der Waals surface area contributed by atoms with Gasteiger partial charge in [0.2, 0.25) is 0 Å². The van der Waals surface area contributed by atoms with E-state index in [0.717, 1.165) is 73.8 Å². The van der Waals surface area contributed by atoms with Crippen LogP contribution in [0.4, 0.5) is 17.6 Å². The van der Waals surface area contributed by atoms with Crippen LogP contribution in [0.2, 0.25) is 0 Å². The number of aliphatic imine (C=N–C) groups is 1. The molecule has 0 saturated carbocycles. The standard InChI is InChI=1S/C60H49F4N/c1-4-6-7-12-40-18-21-41(22-19-40)44-25-26-52(57(61)35-44)54-30-29-53(59(63)60(54)64)51-28-27-50(47-24-23-42-31-38(3)17-20-43(42)33-47)58(62)56(51)37-65-36-39(5-2)32-55-48-15-10-8-13-45(48)34-46-14-9-11-16-49(46)55/h8-11,13-35,37H,4-7,12,36H2,1-3H3/b39-32+,65-37+. The minimum atomic E-state index is -1.22. The smallest absolute Gasteiger partial charge is 0.167 e. The lowest BCUT2D eigenvalue weighted by Crippen LogP contribution is -2.02. The molecule has 1 nitrogen and oxygen atoms in total. The van der Waals surface area contributed by atoms with Gasteiger partial charge < -0.3 is 0 Å². The molecule has 65 heavy (non-hydrogen) atoms. The molecule has 0 aromatic heterocycles. The fourth-order valence-electron chi connectivity index (χ4n) is 8.95. The van der Waals surface area contributed by atoms with Crippen LogP contribution in [0.1, 0.15) is 61.8 Å². The van der Waals surface area contributed by atoms with Crippen LogP contribution in [0.15, 0.2) is 168 Å². The van der Waals surface area contributed by atoms with Crippen LogP contribution in [0.5, 0.6) is 0 Å². The van der Waals surface area contributed by atoms with E-state index in [1.807, 2.05) is 73.7 Å². The molecule has 0 amide bonds. The fourth-order valence-corrected chi connectivity index (χ4v) is 8.95. The Hall–Kier alpha value is -7.11. The highest BCUT2D eigenvalue weighted by atomic mass is 19.2. The quantitative estimate of drug-likeness (QED) is 0.0474. The zero-order valence-electron chi connectivity index (χ0n) is 36.9. The molecule has 5 heteroatoms. The van der Waals surface area contributed by atoms with Crippen LogP contribution in [0.3, 0.4) is 0 Å². The molecule has 0 aliphatic heterocycles. The summed E-state index contributed by atoms with van der Waals surface area (Å²) in [6, 6.07) is 49.1. The number of halogens is 4. The summed E-state index contributed by atoms with van der Waals surface area (Å²) in [4.78, 5) is 4.79. The number of rotatable bonds is 13. The molecule has 0 aliphatic carbocycles. The Bertz CT molecular complexity index is 3230. The molecule has 0 spiro atoms. The number of benzene rings is 9. The van der Waals surface area contributed by atoms with Crippen molar-refractivity contribution < 1.29 is 17.6 Å². The Morgan fingerprint density at radius 1 is 0.492 bits per heavy atom. The van der Waals surface area contributed by atoms with Crippen molar-refractivity contribution in [3.05, 3.63) is 209 Å². The molecular formula is C60H49F4N. The number of unbranched alkanes of at least 4 members (excludes halogenated alkanes) is 2. The lowest BCUT2D eigenvalue weighted by Gasteiger charge is -2.15. The van der Waals surface area contributed by atoms with Crippen LogP contribution in [0, 0.1) is 30.2 Å². The van der Waals surface area contributed by atoms with Gasteiger partial charge in [0.1, 0.15) is 11.6 Å². The molecule has 9 aromatic carbocycles. The first-order chi connectivity index (χ1) is 31.7. The van der Waals surface area contributed by atoms with E-state index < -0.39 is 23.3 Å². The first-order valence-electron chi connectivity index (χ1n) is 22.5. The molecule has 9 aromatic rings. The predicted molar refractivity (Wildman–Crippen MR) is 266 cm³/mol. The second-order valence-corrected chi connectivity index (χ2v) is 16.9. The summed E-state index contributed by atoms with van der Waals surface area (Å²) in [6.45, 7) is 6.51. The normalized spacial score (nSPS) is 12.0. The molecule has 0 N–H and O–H groups in total. The van der Waals surface area contributed by atoms with E-state index in [1.165, 1.54) is 42.5 Å². The Labute approximate surface area is 378 Å². The highest BCUT2D eigenvalue weighted by Crippen LogP contribution is 2.39. The molecule has 322 valence electrons. The average Bonchev–Trinajstić information content (AvgIpc) is 3.32. The van der Waals surface area contributed by atoms with E-state index in [4.69, 9.17) is 4.99 Å². The first-order valence-corrected chi connectivity index (χ1v) is 22.5. The summed E-state index contributed by atoms with van der Waals surface area (Å²) < 4.78 is 65.9. The van der Waals surface area contributed by atoms with Crippen molar-refractivity contribution in [3.8, 4) is 44.5 Å². The van der Waals surface area contributed by atoms with Crippen molar-refractivity contribution in [1.82, 2.24) is 0 Å². The maximum Gasteiger partial charge on any atom is 0.167 e. The summed E-state index contributed by atoms with van der Waals surface area (Å²) in [7, 11) is 0. The van der Waals surface area contributed by atoms with Gasteiger partial charge >= 0.3 is 0 Å². The second-order valence-electron chi connectivity index (χ2n) is 16.9. The topological polar surface area (TPSA) is 12.4 Å². The lowest BCUT2D eigenvalue weighted by molar-refractivity contribution is 0.512. The maximum atomic E-state index is 17.2. The predicted octanol–water partition coefficient (Wildman–Crippen LogP) is 17.3. The zero-order valence-corrected chi connectivity index (χ0v) is 36.9. The zero-order chi connectivity index (χ0) is 45.0. The molecule has 0 atom stereocenters. The highest BCUT2D eigenvalue weighted by Gasteiger charge is 2.23. The number of aryl methyl sites for hydroxylation is 2. The van der Waals surface area contributed by atoms with Crippen LogP contribution in [-0.2, 0) is 6.42 Å². The fraction of sp³-hybridized carbons (Fsp3) is 0.150. The molecule has 0 unspecified atom stereocenters. The third-order valence-electron chi connectivity index (χ3n) is 12.6. The molecular weight excluding hydrogens is 811 g/mol. The summed E-state index contributed by atoms with van der Waals surface area (Å²) >= 11 is 0. The Morgan fingerprint density at radius 2 is 1.09 bits per heavy atom. The summed E-state index contributed by atoms with van der Waals surface area (Å²) in [6.07, 6.45) is 8.70. The molecule has 0 aliphatic rings. The lowest BCUT2D eigenvalue weighted by atomic mass is 9.91. The molecule has 0 fully saturated rings. The number of hydrogen-bond acceptors (Lipinski definition) is 1. The van der Waals surface area contributed by atoms with Gasteiger partial charge in [0.15, 0.2) is 11.6 Å². The number of nitrogens with zero attached hydrogens (tertiary/aromatic N) is 1. The average molecular weight is 860 g/mol. The SMILES string of the molecule is CCCCCc1ccc(-c2ccc(-c3ccc(-c4ccc(-c5ccc6cc(C)ccc6c5)c(F)c4/C=N/C/C(=C/c4c5ccccc5cc5ccccc45)CC)c(F)c3F)c(F)c2)cc1. The molecule has 0 bridgehead atoms. The van der Waals surface area contributed by atoms with Crippen molar-refractivity contribution in [2.75, 3.05) is 6.54 Å². The molecule has 0 radical (unpaired) electrons. The highest BCUT2D eigenvalue weighted by molar-refractivity contribution is 6.07. The van der Waals surface area contributed by atoms with Crippen molar-refractivity contribution in [2.45, 2.75) is 52.9 Å². The van der Waals surface area contributed by atoms with E-state index in [0.29, 0.717) is 23.1 Å². The van der Waals surface area contributed by atoms with Gasteiger partial charge in [0.25, 0.3) is 0 Å². The van der Waals surface area contributed by atoms with Crippen molar-refractivity contribution >= 4 is 44.6 Å². The minimum Gasteiger partial charge on any atom is -0.288 e. The van der Waals surface area contributed by atoms with Crippen LogP contribution >= 0.6 is 0 Å². The summed E-state index contributed by atoms with van der Waals surface area (Å²) in [5.41, 5.74) is 6.55. The van der Waals surface area contributed by atoms with Crippen LogP contribution < -0.4 is 0 Å². The molecule has 0 saturated heterocycles. The van der Waals surface area contributed by atoms with Gasteiger partial charge in [0, 0.05) is 34.0 Å². The second kappa shape index (κ2) is 18.9. The van der Waals surface area contributed by atoms with Gasteiger partial charge in [-0.25, -0.2) is 17.6 Å². The Kier molecular flexibility index (Phi) is 12.6. The van der Waals surface area contributed by atoms with Gasteiger partial charge in [-0.1, -0.05) is 178 Å². The van der Waals surface area contributed by atoms with E-state index in [-0.39, 0.29) is 34.4 Å². The van der Waals surface area contributed by atoms with E-state index in [2.05, 4.69) is 68.5 Å². The van der Waals surface area contributed by atoms with E-state index in [1.54, 1.807) is 18.2 Å². The third kappa shape index (κ3) is 8.89. The number of fused-ring (bicyclic) bond motifs is 3. The Morgan fingerprint density at radius 3 is 1.78 bits per heavy atom. The van der Waals surface area contributed by atoms with Crippen molar-refractivity contribution in [2.24, 2.45) is 4.99 Å². The van der Waals surface area contributed by atoms with Gasteiger partial charge in [-0.3, -0.25) is 4.99 Å². The van der Waals surface area contributed by atoms with Gasteiger partial charge in [-0.2, -0.15) is 0 Å². The summed E-state index contributed by atoms with van der Waals surface area (Å²) in [5, 5.41) is 6.47. The van der Waals surface area contributed by atoms with Gasteiger partial charge in [-0.15, -0.1) is 0 Å². The first kappa shape index (κ1) is 43.2. The minimum absolute atomic E-state index is 0.0236. The van der Waals surface area contributed by atoms with Gasteiger partial charge in [0.05, 0.1) is 6.54 Å². The van der Waals surface area contributed by atoms with Gasteiger partial charge in [-0.05, 0) is 116 Å². The third-order valence-corrected chi connectivity index (χ3v) is 12.6. The largest absolute Gasteiger partial charge is 0.288 e. The molecule has 0 heterocycles. The maximum absolute atomic E-state index is 17.2. The van der Waals surface area contributed by atoms with Crippen LogP contribution in [-0.4, -0.2) is 12.8 Å². The van der Waals surface area contributed by atoms with E-state index in [9.17, 15) is 0 Å². The Balaban J connectivity index is 1.09. The van der Waals surface area contributed by atoms with Crippen molar-refractivity contribution in [1.29, 1.82) is 0 Å². The van der Waals surface area contributed by atoms with Crippen molar-refractivity contribution in [3.63, 3.8) is 0 Å². The monoisotopic (exact) mass is 859 g/mol.